The first-order chi connectivity index (χ1) is 32.1. The smallest absolute Gasteiger partial charge is 0.149 e. The quantitative estimate of drug-likeness (QED) is 0.174. The number of benzene rings is 7. The number of phenols is 1. The number of aromatic hydroxyl groups is 1. The zero-order valence-corrected chi connectivity index (χ0v) is 39.0. The minimum absolute atomic E-state index is 0.171. The number of nitrogens with zero attached hydrogens (tertiary/aromatic N) is 3. The molecule has 0 fully saturated rings. The summed E-state index contributed by atoms with van der Waals surface area (Å²) in [4.78, 5) is 10.6. The largest absolute Gasteiger partial charge is 0.507 e. The lowest BCUT2D eigenvalue weighted by atomic mass is 9.79. The Morgan fingerprint density at radius 3 is 1.71 bits per heavy atom. The minimum atomic E-state index is -2.18. The second-order valence-corrected chi connectivity index (χ2v) is 20.4. The molecular formula is C61H59N3O. The van der Waals surface area contributed by atoms with E-state index in [1.807, 2.05) is 36.5 Å². The summed E-state index contributed by atoms with van der Waals surface area (Å²) in [7, 11) is 0. The van der Waals surface area contributed by atoms with Crippen LogP contribution in [0.2, 0.25) is 0 Å². The van der Waals surface area contributed by atoms with Gasteiger partial charge in [-0.2, -0.15) is 0 Å². The van der Waals surface area contributed by atoms with Crippen molar-refractivity contribution in [2.45, 2.75) is 85.4 Å². The third kappa shape index (κ3) is 8.66. The van der Waals surface area contributed by atoms with Crippen LogP contribution < -0.4 is 0 Å². The summed E-state index contributed by atoms with van der Waals surface area (Å²) in [6.07, 6.45) is 1.81. The fraction of sp³-hybridized carbons (Fsp3) is 0.213. The van der Waals surface area contributed by atoms with Gasteiger partial charge in [-0.3, -0.25) is 9.55 Å². The number of para-hydroxylation sites is 1. The van der Waals surface area contributed by atoms with Crippen LogP contribution in [0.25, 0.3) is 83.9 Å². The number of aryl methyl sites for hydroxylation is 1. The first kappa shape index (κ1) is 39.5. The van der Waals surface area contributed by atoms with Crippen molar-refractivity contribution < 1.29 is 9.22 Å². The van der Waals surface area contributed by atoms with Gasteiger partial charge >= 0.3 is 0 Å². The Bertz CT molecular complexity index is 3310. The SMILES string of the molecule is [2H]C([2H])([2H])c1ccc(-c2ccnc(-c3cc(-c4ccccc4)cc(-c4cccc5c4nc(-c4cc(C(C)(C)C)cc(C(C)(C)C)c4O)n5-c4cc(-c5ccccc5)cc(C(C)(C)C)c4)c3)c2)cc1. The standard InChI is InChI=1S/C61H59N3O/c1-39-24-26-42(27-25-39)43-28-29-62-54(35-43)47-31-44(40-18-13-11-14-19-40)30-46(32-47)51-22-17-23-55-56(51)63-58(52-37-49(60(5,6)7)38-53(57(52)65)61(8,9)10)64(55)50-34-45(41-20-15-12-16-21-41)33-48(36-50)59(2,3)4/h11-38,65H,1-10H3/i1D3. The Balaban J connectivity index is 1.33. The van der Waals surface area contributed by atoms with E-state index >= 15 is 0 Å². The van der Waals surface area contributed by atoms with Crippen LogP contribution in [-0.2, 0) is 16.2 Å². The Hall–Kier alpha value is -7.04. The number of fused-ring (bicyclic) bond motifs is 1. The van der Waals surface area contributed by atoms with Crippen molar-refractivity contribution in [2.75, 3.05) is 0 Å². The molecule has 0 aliphatic heterocycles. The maximum Gasteiger partial charge on any atom is 0.149 e. The van der Waals surface area contributed by atoms with Gasteiger partial charge in [0, 0.05) is 32.7 Å². The van der Waals surface area contributed by atoms with Gasteiger partial charge in [-0.1, -0.05) is 177 Å². The lowest BCUT2D eigenvalue weighted by Crippen LogP contribution is -2.17. The summed E-state index contributed by atoms with van der Waals surface area (Å²) in [5.41, 5.74) is 15.9. The van der Waals surface area contributed by atoms with Crippen molar-refractivity contribution >= 4 is 11.0 Å². The van der Waals surface area contributed by atoms with Crippen LogP contribution in [0.3, 0.4) is 0 Å². The Labute approximate surface area is 389 Å². The number of hydrogen-bond donors (Lipinski definition) is 1. The Morgan fingerprint density at radius 1 is 0.477 bits per heavy atom. The summed E-state index contributed by atoms with van der Waals surface area (Å²) in [6, 6.07) is 56.1. The van der Waals surface area contributed by atoms with Crippen LogP contribution in [0.1, 0.15) is 88.7 Å². The van der Waals surface area contributed by atoms with E-state index in [0.29, 0.717) is 17.0 Å². The van der Waals surface area contributed by atoms with Crippen molar-refractivity contribution in [3.8, 4) is 78.6 Å². The number of rotatable bonds is 7. The van der Waals surface area contributed by atoms with Crippen LogP contribution in [0, 0.1) is 6.85 Å². The summed E-state index contributed by atoms with van der Waals surface area (Å²) in [6.45, 7) is 17.7. The molecule has 1 N–H and O–H groups in total. The fourth-order valence-electron chi connectivity index (χ4n) is 8.71. The van der Waals surface area contributed by atoms with Gasteiger partial charge in [-0.25, -0.2) is 4.98 Å². The summed E-state index contributed by atoms with van der Waals surface area (Å²) < 4.78 is 25.9. The molecular weight excluding hydrogens is 791 g/mol. The molecule has 0 saturated heterocycles. The number of imidazole rings is 1. The lowest BCUT2D eigenvalue weighted by Gasteiger charge is -2.28. The van der Waals surface area contributed by atoms with Crippen LogP contribution in [0.15, 0.2) is 170 Å². The van der Waals surface area contributed by atoms with E-state index in [-0.39, 0.29) is 22.0 Å². The molecule has 0 bridgehead atoms. The molecule has 9 rings (SSSR count). The van der Waals surface area contributed by atoms with Gasteiger partial charge in [-0.15, -0.1) is 0 Å². The van der Waals surface area contributed by atoms with Gasteiger partial charge in [0.15, 0.2) is 0 Å². The molecule has 324 valence electrons. The van der Waals surface area contributed by atoms with Gasteiger partial charge in [0.05, 0.1) is 22.3 Å². The average Bonchev–Trinajstić information content (AvgIpc) is 3.70. The highest BCUT2D eigenvalue weighted by Crippen LogP contribution is 2.45. The topological polar surface area (TPSA) is 50.9 Å². The Kier molecular flexibility index (Phi) is 10.0. The fourth-order valence-corrected chi connectivity index (χ4v) is 8.71. The summed E-state index contributed by atoms with van der Waals surface area (Å²) in [5.74, 6) is 0.885. The number of phenolic OH excluding ortho intramolecular Hbond substituents is 1. The second-order valence-electron chi connectivity index (χ2n) is 20.4. The highest BCUT2D eigenvalue weighted by Gasteiger charge is 2.29. The molecule has 0 aliphatic carbocycles. The van der Waals surface area contributed by atoms with Gasteiger partial charge in [0.1, 0.15) is 11.6 Å². The predicted octanol–water partition coefficient (Wildman–Crippen LogP) is 16.3. The third-order valence-corrected chi connectivity index (χ3v) is 12.5. The van der Waals surface area contributed by atoms with E-state index in [2.05, 4.69) is 188 Å². The van der Waals surface area contributed by atoms with Crippen molar-refractivity contribution in [1.82, 2.24) is 14.5 Å². The first-order valence-electron chi connectivity index (χ1n) is 24.0. The van der Waals surface area contributed by atoms with Crippen LogP contribution >= 0.6 is 0 Å². The second kappa shape index (κ2) is 16.5. The van der Waals surface area contributed by atoms with E-state index in [4.69, 9.17) is 14.1 Å². The highest BCUT2D eigenvalue weighted by atomic mass is 16.3. The molecule has 0 amide bonds. The molecule has 0 unspecified atom stereocenters. The number of hydrogen-bond acceptors (Lipinski definition) is 3. The molecule has 7 aromatic carbocycles. The van der Waals surface area contributed by atoms with Gasteiger partial charge in [0.25, 0.3) is 0 Å². The van der Waals surface area contributed by atoms with Crippen molar-refractivity contribution in [3.63, 3.8) is 0 Å². The monoisotopic (exact) mass is 852 g/mol. The number of pyridine rings is 1. The molecule has 2 heterocycles. The Morgan fingerprint density at radius 2 is 1.08 bits per heavy atom. The molecule has 4 nitrogen and oxygen atoms in total. The minimum Gasteiger partial charge on any atom is -0.507 e. The van der Waals surface area contributed by atoms with Crippen LogP contribution in [0.5, 0.6) is 5.75 Å². The van der Waals surface area contributed by atoms with Crippen LogP contribution in [0.4, 0.5) is 0 Å². The summed E-state index contributed by atoms with van der Waals surface area (Å²) in [5, 5.41) is 12.6. The molecule has 0 atom stereocenters. The predicted molar refractivity (Wildman–Crippen MR) is 274 cm³/mol. The van der Waals surface area contributed by atoms with Gasteiger partial charge in [-0.05, 0) is 128 Å². The molecule has 0 spiro atoms. The summed E-state index contributed by atoms with van der Waals surface area (Å²) >= 11 is 0. The maximum absolute atomic E-state index is 12.6. The molecule has 65 heavy (non-hydrogen) atoms. The molecule has 0 radical (unpaired) electrons. The normalized spacial score (nSPS) is 13.1. The molecule has 0 aliphatic rings. The molecule has 9 aromatic rings. The van der Waals surface area contributed by atoms with Crippen molar-refractivity contribution in [2.24, 2.45) is 0 Å². The molecule has 4 heteroatoms. The van der Waals surface area contributed by atoms with E-state index in [1.54, 1.807) is 12.1 Å². The number of aromatic nitrogens is 3. The van der Waals surface area contributed by atoms with E-state index in [9.17, 15) is 5.11 Å². The third-order valence-electron chi connectivity index (χ3n) is 12.5. The van der Waals surface area contributed by atoms with E-state index in [0.717, 1.165) is 83.6 Å². The van der Waals surface area contributed by atoms with E-state index in [1.165, 1.54) is 5.56 Å². The zero-order valence-electron chi connectivity index (χ0n) is 42.0. The van der Waals surface area contributed by atoms with E-state index < -0.39 is 6.85 Å². The average molecular weight is 853 g/mol. The lowest BCUT2D eigenvalue weighted by molar-refractivity contribution is 0.446. The maximum atomic E-state index is 12.6. The first-order valence-corrected chi connectivity index (χ1v) is 22.5. The van der Waals surface area contributed by atoms with Gasteiger partial charge < -0.3 is 5.11 Å². The van der Waals surface area contributed by atoms with Crippen LogP contribution in [-0.4, -0.2) is 19.6 Å². The van der Waals surface area contributed by atoms with Gasteiger partial charge in [0.2, 0.25) is 0 Å². The van der Waals surface area contributed by atoms with Crippen molar-refractivity contribution in [1.29, 1.82) is 0 Å². The van der Waals surface area contributed by atoms with Crippen molar-refractivity contribution in [3.05, 3.63) is 192 Å². The molecule has 2 aromatic heterocycles. The molecule has 0 saturated carbocycles. The highest BCUT2D eigenvalue weighted by molar-refractivity contribution is 5.98. The zero-order chi connectivity index (χ0) is 48.3.